The molecule has 1 atom stereocenters. The van der Waals surface area contributed by atoms with Gasteiger partial charge >= 0.3 is 5.97 Å². The van der Waals surface area contributed by atoms with Crippen molar-refractivity contribution in [2.75, 3.05) is 6.61 Å². The van der Waals surface area contributed by atoms with Gasteiger partial charge in [-0.3, -0.25) is 4.79 Å². The summed E-state index contributed by atoms with van der Waals surface area (Å²) >= 11 is 0. The van der Waals surface area contributed by atoms with Gasteiger partial charge < -0.3 is 9.16 Å². The van der Waals surface area contributed by atoms with Gasteiger partial charge in [-0.2, -0.15) is 0 Å². The van der Waals surface area contributed by atoms with Crippen molar-refractivity contribution >= 4 is 20.4 Å². The smallest absolute Gasteiger partial charge is 0.308 e. The molecule has 0 N–H and O–H groups in total. The van der Waals surface area contributed by atoms with Gasteiger partial charge in [0.05, 0.1) is 18.6 Å². The quantitative estimate of drug-likeness (QED) is 0.486. The molecule has 0 spiro atoms. The molecule has 0 aliphatic rings. The zero-order valence-corrected chi connectivity index (χ0v) is 17.2. The number of carbonyl (C=O) groups is 1. The number of benzene rings is 1. The van der Waals surface area contributed by atoms with Crippen LogP contribution in [0.5, 0.6) is 0 Å². The second-order valence-corrected chi connectivity index (χ2v) is 12.6. The van der Waals surface area contributed by atoms with Crippen molar-refractivity contribution in [3.05, 3.63) is 42.0 Å². The van der Waals surface area contributed by atoms with Crippen LogP contribution in [0.3, 0.4) is 0 Å². The fourth-order valence-corrected chi connectivity index (χ4v) is 3.81. The molecule has 0 saturated heterocycles. The molecule has 0 heterocycles. The summed E-state index contributed by atoms with van der Waals surface area (Å²) in [5, 5.41) is 0.0729. The Kier molecular flexibility index (Phi) is 6.99. The van der Waals surface area contributed by atoms with Crippen LogP contribution in [0.15, 0.2) is 36.4 Å². The van der Waals surface area contributed by atoms with E-state index in [1.54, 1.807) is 0 Å². The normalized spacial score (nSPS) is 15.3. The average molecular weight is 349 g/mol. The van der Waals surface area contributed by atoms with Crippen molar-refractivity contribution < 1.29 is 14.0 Å². The molecule has 0 aliphatic heterocycles. The summed E-state index contributed by atoms with van der Waals surface area (Å²) in [5.74, 6) is -0.226. The topological polar surface area (TPSA) is 35.5 Å². The predicted molar refractivity (Wildman–Crippen MR) is 103 cm³/mol. The summed E-state index contributed by atoms with van der Waals surface area (Å²) in [6.07, 6.45) is 4.24. The van der Waals surface area contributed by atoms with Gasteiger partial charge in [-0.25, -0.2) is 0 Å². The SMILES string of the molecule is CCOC(=O)CC(C)(/C=C/c1ccccc1)O[Si](C)(C)C(C)(C)C. The highest BCUT2D eigenvalue weighted by atomic mass is 28.4. The van der Waals surface area contributed by atoms with Crippen LogP contribution >= 0.6 is 0 Å². The van der Waals surface area contributed by atoms with Gasteiger partial charge in [0.1, 0.15) is 0 Å². The van der Waals surface area contributed by atoms with Gasteiger partial charge in [0, 0.05) is 0 Å². The fraction of sp³-hybridized carbons (Fsp3) is 0.550. The second kappa shape index (κ2) is 8.12. The number of carbonyl (C=O) groups excluding carboxylic acids is 1. The lowest BCUT2D eigenvalue weighted by Crippen LogP contribution is -2.48. The summed E-state index contributed by atoms with van der Waals surface area (Å²) in [6, 6.07) is 10.1. The van der Waals surface area contributed by atoms with Crippen molar-refractivity contribution in [1.29, 1.82) is 0 Å². The summed E-state index contributed by atoms with van der Waals surface area (Å²) in [5.41, 5.74) is 0.414. The van der Waals surface area contributed by atoms with Crippen LogP contribution in [0.1, 0.15) is 46.6 Å². The first-order valence-corrected chi connectivity index (χ1v) is 11.5. The highest BCUT2D eigenvalue weighted by Crippen LogP contribution is 2.40. The van der Waals surface area contributed by atoms with Crippen LogP contribution in [-0.4, -0.2) is 26.5 Å². The maximum atomic E-state index is 12.1. The molecule has 134 valence electrons. The largest absolute Gasteiger partial charge is 0.466 e. The van der Waals surface area contributed by atoms with E-state index in [4.69, 9.17) is 9.16 Å². The van der Waals surface area contributed by atoms with Gasteiger partial charge in [0.25, 0.3) is 0 Å². The number of ether oxygens (including phenoxy) is 1. The maximum Gasteiger partial charge on any atom is 0.308 e. The van der Waals surface area contributed by atoms with Crippen molar-refractivity contribution in [3.63, 3.8) is 0 Å². The van der Waals surface area contributed by atoms with Crippen LogP contribution in [0.4, 0.5) is 0 Å². The predicted octanol–water partition coefficient (Wildman–Crippen LogP) is 5.43. The van der Waals surface area contributed by atoms with E-state index in [0.29, 0.717) is 6.61 Å². The van der Waals surface area contributed by atoms with Crippen molar-refractivity contribution in [2.24, 2.45) is 0 Å². The van der Waals surface area contributed by atoms with Crippen LogP contribution in [0, 0.1) is 0 Å². The van der Waals surface area contributed by atoms with Crippen molar-refractivity contribution in [2.45, 2.75) is 64.8 Å². The van der Waals surface area contributed by atoms with E-state index in [1.165, 1.54) is 0 Å². The number of hydrogen-bond acceptors (Lipinski definition) is 3. The Morgan fingerprint density at radius 2 is 1.71 bits per heavy atom. The Bertz CT molecular complexity index is 558. The lowest BCUT2D eigenvalue weighted by Gasteiger charge is -2.42. The van der Waals surface area contributed by atoms with Gasteiger partial charge in [0.2, 0.25) is 0 Å². The van der Waals surface area contributed by atoms with Gasteiger partial charge in [0.15, 0.2) is 8.32 Å². The molecule has 3 nitrogen and oxygen atoms in total. The van der Waals surface area contributed by atoms with Crippen molar-refractivity contribution in [3.8, 4) is 0 Å². The Hall–Kier alpha value is -1.39. The van der Waals surface area contributed by atoms with E-state index in [1.807, 2.05) is 56.3 Å². The summed E-state index contributed by atoms with van der Waals surface area (Å²) in [4.78, 5) is 12.1. The lowest BCUT2D eigenvalue weighted by atomic mass is 10.0. The Morgan fingerprint density at radius 1 is 1.12 bits per heavy atom. The van der Waals surface area contributed by atoms with Gasteiger partial charge in [-0.05, 0) is 37.5 Å². The van der Waals surface area contributed by atoms with Crippen LogP contribution in [-0.2, 0) is 14.0 Å². The molecule has 0 aromatic heterocycles. The molecule has 1 aromatic rings. The first kappa shape index (κ1) is 20.7. The Morgan fingerprint density at radius 3 is 2.21 bits per heavy atom. The highest BCUT2D eigenvalue weighted by molar-refractivity contribution is 6.74. The molecule has 0 bridgehead atoms. The van der Waals surface area contributed by atoms with Crippen LogP contribution in [0.2, 0.25) is 18.1 Å². The fourth-order valence-electron chi connectivity index (χ4n) is 2.20. The minimum atomic E-state index is -2.03. The average Bonchev–Trinajstić information content (AvgIpc) is 2.44. The third-order valence-electron chi connectivity index (χ3n) is 4.52. The molecule has 1 aromatic carbocycles. The molecule has 0 aliphatic carbocycles. The molecule has 1 unspecified atom stereocenters. The molecular weight excluding hydrogens is 316 g/mol. The summed E-state index contributed by atoms with van der Waals surface area (Å²) < 4.78 is 11.7. The molecule has 0 radical (unpaired) electrons. The number of hydrogen-bond donors (Lipinski definition) is 0. The lowest BCUT2D eigenvalue weighted by molar-refractivity contribution is -0.146. The first-order valence-electron chi connectivity index (χ1n) is 8.59. The third-order valence-corrected chi connectivity index (χ3v) is 9.11. The number of rotatable bonds is 7. The number of esters is 1. The minimum absolute atomic E-state index is 0.0729. The van der Waals surface area contributed by atoms with Crippen LogP contribution in [0.25, 0.3) is 6.08 Å². The van der Waals surface area contributed by atoms with E-state index in [9.17, 15) is 4.79 Å². The molecule has 0 saturated carbocycles. The molecule has 0 amide bonds. The Labute approximate surface area is 148 Å². The maximum absolute atomic E-state index is 12.1. The summed E-state index contributed by atoms with van der Waals surface area (Å²) in [6.45, 7) is 15.2. The third kappa shape index (κ3) is 6.25. The van der Waals surface area contributed by atoms with Gasteiger partial charge in [-0.15, -0.1) is 0 Å². The van der Waals surface area contributed by atoms with E-state index in [2.05, 4.69) is 33.9 Å². The molecule has 4 heteroatoms. The minimum Gasteiger partial charge on any atom is -0.466 e. The van der Waals surface area contributed by atoms with E-state index >= 15 is 0 Å². The highest BCUT2D eigenvalue weighted by Gasteiger charge is 2.43. The van der Waals surface area contributed by atoms with E-state index in [-0.39, 0.29) is 17.4 Å². The molecule has 0 fully saturated rings. The standard InChI is InChI=1S/C20H32O3Si/c1-8-22-18(21)16-20(5,23-24(6,7)19(2,3)4)15-14-17-12-10-9-11-13-17/h9-15H,8,16H2,1-7H3/b15-14+. The molecular formula is C20H32O3Si. The zero-order chi connectivity index (χ0) is 18.4. The summed E-state index contributed by atoms with van der Waals surface area (Å²) in [7, 11) is -2.03. The van der Waals surface area contributed by atoms with Crippen LogP contribution < -0.4 is 0 Å². The van der Waals surface area contributed by atoms with Gasteiger partial charge in [-0.1, -0.05) is 63.3 Å². The molecule has 1 rings (SSSR count). The van der Waals surface area contributed by atoms with Crippen molar-refractivity contribution in [1.82, 2.24) is 0 Å². The first-order chi connectivity index (χ1) is 11.0. The van der Waals surface area contributed by atoms with E-state index < -0.39 is 13.9 Å². The van der Waals surface area contributed by atoms with E-state index in [0.717, 1.165) is 5.56 Å². The Balaban J connectivity index is 3.07. The molecule has 24 heavy (non-hydrogen) atoms. The second-order valence-electron chi connectivity index (χ2n) is 7.90. The monoisotopic (exact) mass is 348 g/mol. The zero-order valence-electron chi connectivity index (χ0n) is 16.2.